The van der Waals surface area contributed by atoms with Crippen LogP contribution in [-0.4, -0.2) is 24.5 Å². The van der Waals surface area contributed by atoms with Gasteiger partial charge in [0.15, 0.2) is 0 Å². The Hall–Kier alpha value is -2.81. The van der Waals surface area contributed by atoms with Crippen LogP contribution in [-0.2, 0) is 9.59 Å². The van der Waals surface area contributed by atoms with Crippen molar-refractivity contribution in [3.8, 4) is 11.8 Å². The van der Waals surface area contributed by atoms with Crippen LogP contribution in [0.3, 0.4) is 0 Å². The van der Waals surface area contributed by atoms with Gasteiger partial charge in [-0.3, -0.25) is 4.79 Å². The van der Waals surface area contributed by atoms with Gasteiger partial charge >= 0.3 is 0 Å². The number of carboxylic acid groups (broad SMARTS) is 1. The second kappa shape index (κ2) is 8.88. The number of aliphatic carboxylic acids is 1. The second-order valence-electron chi connectivity index (χ2n) is 6.21. The summed E-state index contributed by atoms with van der Waals surface area (Å²) in [6.45, 7) is 1.50. The number of para-hydroxylation sites is 1. The Morgan fingerprint density at radius 3 is 2.76 bits per heavy atom. The Balaban J connectivity index is 2.15. The van der Waals surface area contributed by atoms with E-state index in [1.54, 1.807) is 24.3 Å². The zero-order valence-corrected chi connectivity index (χ0v) is 14.2. The van der Waals surface area contributed by atoms with Crippen molar-refractivity contribution < 1.29 is 19.4 Å². The Labute approximate surface area is 147 Å². The van der Waals surface area contributed by atoms with E-state index in [0.29, 0.717) is 11.5 Å². The minimum atomic E-state index is -1.34. The van der Waals surface area contributed by atoms with E-state index in [1.165, 1.54) is 6.08 Å². The molecule has 1 N–H and O–H groups in total. The highest BCUT2D eigenvalue weighted by Gasteiger charge is 2.24. The maximum atomic E-state index is 12.4. The zero-order chi connectivity index (χ0) is 18.2. The summed E-state index contributed by atoms with van der Waals surface area (Å²) in [6.07, 6.45) is 5.62. The number of benzene rings is 1. The first-order chi connectivity index (χ1) is 12.0. The number of carbonyl (C=O) groups is 2. The molecule has 132 valence electrons. The Morgan fingerprint density at radius 2 is 2.08 bits per heavy atom. The third-order valence-corrected chi connectivity index (χ3v) is 4.36. The van der Waals surface area contributed by atoms with Gasteiger partial charge in [0.1, 0.15) is 24.0 Å². The molecule has 1 amide bonds. The lowest BCUT2D eigenvalue weighted by Crippen LogP contribution is -2.41. The molecule has 1 aromatic rings. The van der Waals surface area contributed by atoms with Gasteiger partial charge in [-0.1, -0.05) is 38.0 Å². The predicted octanol–water partition coefficient (Wildman–Crippen LogP) is 1.42. The summed E-state index contributed by atoms with van der Waals surface area (Å²) in [6, 6.07) is 8.60. The summed E-state index contributed by atoms with van der Waals surface area (Å²) in [5.41, 5.74) is 0.425. The fourth-order valence-electron chi connectivity index (χ4n) is 2.95. The maximum Gasteiger partial charge on any atom is 0.262 e. The lowest BCUT2D eigenvalue weighted by atomic mass is 9.86. The highest BCUT2D eigenvalue weighted by atomic mass is 16.5. The summed E-state index contributed by atoms with van der Waals surface area (Å²) < 4.78 is 5.14. The quantitative estimate of drug-likeness (QED) is 0.623. The minimum Gasteiger partial charge on any atom is -0.546 e. The van der Waals surface area contributed by atoms with Crippen LogP contribution in [0.1, 0.15) is 38.2 Å². The van der Waals surface area contributed by atoms with Gasteiger partial charge in [-0.05, 0) is 30.9 Å². The van der Waals surface area contributed by atoms with Crippen LogP contribution in [0.15, 0.2) is 29.8 Å². The molecule has 1 aliphatic carbocycles. The molecule has 6 nitrogen and oxygen atoms in total. The van der Waals surface area contributed by atoms with Crippen LogP contribution in [0.25, 0.3) is 6.08 Å². The van der Waals surface area contributed by atoms with E-state index in [9.17, 15) is 20.0 Å². The molecule has 0 aliphatic heterocycles. The SMILES string of the molecule is C[C@@H]1CCCC[C@@H]1NC(=O)/C(C#N)=C/c1ccccc1OCC(=O)[O-]. The van der Waals surface area contributed by atoms with Crippen molar-refractivity contribution in [2.45, 2.75) is 38.6 Å². The largest absolute Gasteiger partial charge is 0.546 e. The molecule has 0 spiro atoms. The summed E-state index contributed by atoms with van der Waals surface area (Å²) in [4.78, 5) is 23.0. The van der Waals surface area contributed by atoms with Crippen molar-refractivity contribution in [3.05, 3.63) is 35.4 Å². The smallest absolute Gasteiger partial charge is 0.262 e. The average Bonchev–Trinajstić information content (AvgIpc) is 2.60. The first-order valence-electron chi connectivity index (χ1n) is 8.35. The third kappa shape index (κ3) is 5.35. The van der Waals surface area contributed by atoms with Gasteiger partial charge in [-0.2, -0.15) is 5.26 Å². The van der Waals surface area contributed by atoms with Gasteiger partial charge in [-0.15, -0.1) is 0 Å². The molecule has 6 heteroatoms. The summed E-state index contributed by atoms with van der Waals surface area (Å²) in [5.74, 6) is -1.10. The normalized spacial score (nSPS) is 20.4. The molecule has 0 radical (unpaired) electrons. The van der Waals surface area contributed by atoms with Crippen LogP contribution >= 0.6 is 0 Å². The predicted molar refractivity (Wildman–Crippen MR) is 90.1 cm³/mol. The number of hydrogen-bond acceptors (Lipinski definition) is 5. The molecule has 2 atom stereocenters. The summed E-state index contributed by atoms with van der Waals surface area (Å²) in [5, 5.41) is 22.8. The number of amides is 1. The van der Waals surface area contributed by atoms with Gasteiger partial charge < -0.3 is 20.0 Å². The number of nitriles is 1. The molecule has 1 saturated carbocycles. The Morgan fingerprint density at radius 1 is 1.36 bits per heavy atom. The summed E-state index contributed by atoms with van der Waals surface area (Å²) in [7, 11) is 0. The second-order valence-corrected chi connectivity index (χ2v) is 6.21. The molecule has 1 aliphatic rings. The number of rotatable bonds is 6. The number of carboxylic acids is 1. The number of nitrogens with zero attached hydrogens (tertiary/aromatic N) is 1. The minimum absolute atomic E-state index is 0.0396. The molecule has 0 saturated heterocycles. The highest BCUT2D eigenvalue weighted by Crippen LogP contribution is 2.25. The monoisotopic (exact) mass is 341 g/mol. The van der Waals surface area contributed by atoms with Crippen LogP contribution in [0.2, 0.25) is 0 Å². The molecule has 1 aromatic carbocycles. The van der Waals surface area contributed by atoms with E-state index >= 15 is 0 Å². The molecule has 1 fully saturated rings. The van der Waals surface area contributed by atoms with Crippen molar-refractivity contribution in [3.63, 3.8) is 0 Å². The lowest BCUT2D eigenvalue weighted by Gasteiger charge is -2.29. The first kappa shape index (κ1) is 18.5. The molecular weight excluding hydrogens is 320 g/mol. The molecule has 0 aromatic heterocycles. The van der Waals surface area contributed by atoms with Gasteiger partial charge in [0, 0.05) is 11.6 Å². The van der Waals surface area contributed by atoms with Crippen LogP contribution in [0.5, 0.6) is 5.75 Å². The number of ether oxygens (including phenoxy) is 1. The van der Waals surface area contributed by atoms with Crippen molar-refractivity contribution in [2.75, 3.05) is 6.61 Å². The molecule has 0 heterocycles. The molecule has 25 heavy (non-hydrogen) atoms. The summed E-state index contributed by atoms with van der Waals surface area (Å²) >= 11 is 0. The standard InChI is InChI=1S/C19H22N2O4/c1-13-6-2-4-8-16(13)21-19(24)15(11-20)10-14-7-3-5-9-17(14)25-12-18(22)23/h3,5,7,9-10,13,16H,2,4,6,8,12H2,1H3,(H,21,24)(H,22,23)/p-1/b15-10+/t13-,16+/m1/s1. The van der Waals surface area contributed by atoms with Gasteiger partial charge in [-0.25, -0.2) is 0 Å². The van der Waals surface area contributed by atoms with E-state index in [2.05, 4.69) is 12.2 Å². The van der Waals surface area contributed by atoms with Crippen molar-refractivity contribution in [1.82, 2.24) is 5.32 Å². The van der Waals surface area contributed by atoms with Crippen molar-refractivity contribution in [1.29, 1.82) is 5.26 Å². The van der Waals surface area contributed by atoms with E-state index in [4.69, 9.17) is 4.74 Å². The van der Waals surface area contributed by atoms with Gasteiger partial charge in [0.2, 0.25) is 0 Å². The van der Waals surface area contributed by atoms with Crippen LogP contribution in [0.4, 0.5) is 0 Å². The lowest BCUT2D eigenvalue weighted by molar-refractivity contribution is -0.307. The number of hydrogen-bond donors (Lipinski definition) is 1. The van der Waals surface area contributed by atoms with E-state index in [1.807, 2.05) is 6.07 Å². The third-order valence-electron chi connectivity index (χ3n) is 4.36. The zero-order valence-electron chi connectivity index (χ0n) is 14.2. The molecule has 2 rings (SSSR count). The number of carbonyl (C=O) groups excluding carboxylic acids is 2. The first-order valence-corrected chi connectivity index (χ1v) is 8.35. The van der Waals surface area contributed by atoms with E-state index in [-0.39, 0.29) is 17.4 Å². The van der Waals surface area contributed by atoms with Crippen LogP contribution in [0, 0.1) is 17.2 Å². The van der Waals surface area contributed by atoms with E-state index < -0.39 is 18.5 Å². The average molecular weight is 341 g/mol. The molecule has 0 bridgehead atoms. The van der Waals surface area contributed by atoms with Gasteiger partial charge in [0.05, 0.1) is 5.97 Å². The van der Waals surface area contributed by atoms with Crippen molar-refractivity contribution >= 4 is 18.0 Å². The highest BCUT2D eigenvalue weighted by molar-refractivity contribution is 6.02. The fraction of sp³-hybridized carbons (Fsp3) is 0.421. The fourth-order valence-corrected chi connectivity index (χ4v) is 2.95. The topological polar surface area (TPSA) is 102 Å². The van der Waals surface area contributed by atoms with E-state index in [0.717, 1.165) is 25.7 Å². The molecule has 0 unspecified atom stereocenters. The number of nitrogens with one attached hydrogen (secondary N) is 1. The van der Waals surface area contributed by atoms with Crippen molar-refractivity contribution in [2.24, 2.45) is 5.92 Å². The Bertz CT molecular complexity index is 706. The van der Waals surface area contributed by atoms with Gasteiger partial charge in [0.25, 0.3) is 5.91 Å². The van der Waals surface area contributed by atoms with Crippen LogP contribution < -0.4 is 15.2 Å². The maximum absolute atomic E-state index is 12.4. The molecular formula is C19H21N2O4-. The Kier molecular flexibility index (Phi) is 6.58.